The second-order valence-electron chi connectivity index (χ2n) is 6.79. The molecule has 1 saturated heterocycles. The van der Waals surface area contributed by atoms with Gasteiger partial charge in [0, 0.05) is 23.7 Å². The van der Waals surface area contributed by atoms with Crippen molar-refractivity contribution in [1.82, 2.24) is 5.32 Å². The van der Waals surface area contributed by atoms with Crippen LogP contribution in [0, 0.1) is 5.92 Å². The van der Waals surface area contributed by atoms with Gasteiger partial charge >= 0.3 is 0 Å². The maximum Gasteiger partial charge on any atom is 0.0685 e. The minimum absolute atomic E-state index is 0.247. The van der Waals surface area contributed by atoms with Gasteiger partial charge in [0.05, 0.1) is 5.60 Å². The van der Waals surface area contributed by atoms with Gasteiger partial charge in [-0.05, 0) is 45.1 Å². The van der Waals surface area contributed by atoms with E-state index in [-0.39, 0.29) is 5.60 Å². The van der Waals surface area contributed by atoms with Crippen LogP contribution in [0.25, 0.3) is 0 Å². The fourth-order valence-corrected chi connectivity index (χ4v) is 5.00. The van der Waals surface area contributed by atoms with E-state index < -0.39 is 0 Å². The van der Waals surface area contributed by atoms with Gasteiger partial charge < -0.3 is 10.1 Å². The average Bonchev–Trinajstić information content (AvgIpc) is 2.48. The molecule has 1 saturated carbocycles. The zero-order chi connectivity index (χ0) is 14.4. The van der Waals surface area contributed by atoms with Crippen molar-refractivity contribution in [1.29, 1.82) is 0 Å². The summed E-state index contributed by atoms with van der Waals surface area (Å²) in [6, 6.07) is 0.664. The average molecular weight is 300 g/mol. The molecule has 2 fully saturated rings. The molecule has 0 bridgehead atoms. The van der Waals surface area contributed by atoms with Crippen molar-refractivity contribution in [3.8, 4) is 0 Å². The van der Waals surface area contributed by atoms with E-state index in [4.69, 9.17) is 4.74 Å². The van der Waals surface area contributed by atoms with Crippen LogP contribution in [-0.4, -0.2) is 36.3 Å². The molecule has 2 rings (SSSR count). The molecule has 2 nitrogen and oxygen atoms in total. The van der Waals surface area contributed by atoms with Gasteiger partial charge in [0.15, 0.2) is 0 Å². The van der Waals surface area contributed by atoms with E-state index in [0.29, 0.717) is 6.04 Å². The maximum absolute atomic E-state index is 6.24. The first kappa shape index (κ1) is 16.6. The fraction of sp³-hybridized carbons (Fsp3) is 1.00. The van der Waals surface area contributed by atoms with E-state index in [1.54, 1.807) is 0 Å². The summed E-state index contributed by atoms with van der Waals surface area (Å²) in [5, 5.41) is 4.38. The molecular weight excluding hydrogens is 266 g/mol. The Morgan fingerprint density at radius 1 is 1.30 bits per heavy atom. The second kappa shape index (κ2) is 8.05. The number of hydrogen-bond donors (Lipinski definition) is 1. The standard InChI is InChI=1S/C17H33NOS/c1-4-14(2)20-13-16(18-3)15-8-11-19-17(12-15)9-6-5-7-10-17/h14-16,18H,4-13H2,1-3H3. The van der Waals surface area contributed by atoms with Crippen LogP contribution in [0.5, 0.6) is 0 Å². The molecule has 2 aliphatic rings. The summed E-state index contributed by atoms with van der Waals surface area (Å²) in [5.41, 5.74) is 0.247. The fourth-order valence-electron chi connectivity index (χ4n) is 3.79. The molecule has 1 N–H and O–H groups in total. The first-order valence-electron chi connectivity index (χ1n) is 8.62. The predicted octanol–water partition coefficient (Wildman–Crippen LogP) is 4.24. The molecule has 0 aromatic carbocycles. The molecule has 1 aliphatic carbocycles. The number of ether oxygens (including phenoxy) is 1. The summed E-state index contributed by atoms with van der Waals surface area (Å²) < 4.78 is 6.24. The molecule has 3 unspecified atom stereocenters. The topological polar surface area (TPSA) is 21.3 Å². The molecule has 20 heavy (non-hydrogen) atoms. The molecule has 0 radical (unpaired) electrons. The normalized spacial score (nSPS) is 29.2. The molecule has 118 valence electrons. The van der Waals surface area contributed by atoms with Crippen molar-refractivity contribution in [3.63, 3.8) is 0 Å². The zero-order valence-electron chi connectivity index (χ0n) is 13.6. The highest BCUT2D eigenvalue weighted by atomic mass is 32.2. The van der Waals surface area contributed by atoms with Gasteiger partial charge in [-0.2, -0.15) is 11.8 Å². The Labute approximate surface area is 129 Å². The largest absolute Gasteiger partial charge is 0.375 e. The molecule has 3 heteroatoms. The molecule has 1 spiro atoms. The van der Waals surface area contributed by atoms with Crippen LogP contribution in [0.4, 0.5) is 0 Å². The zero-order valence-corrected chi connectivity index (χ0v) is 14.4. The predicted molar refractivity (Wildman–Crippen MR) is 89.6 cm³/mol. The van der Waals surface area contributed by atoms with Crippen LogP contribution in [0.1, 0.15) is 65.2 Å². The van der Waals surface area contributed by atoms with E-state index in [1.165, 1.54) is 57.1 Å². The summed E-state index contributed by atoms with van der Waals surface area (Å²) in [5.74, 6) is 2.06. The van der Waals surface area contributed by atoms with Crippen molar-refractivity contribution in [3.05, 3.63) is 0 Å². The summed E-state index contributed by atoms with van der Waals surface area (Å²) in [7, 11) is 2.14. The van der Waals surface area contributed by atoms with Gasteiger partial charge in [-0.15, -0.1) is 0 Å². The monoisotopic (exact) mass is 299 g/mol. The van der Waals surface area contributed by atoms with Crippen LogP contribution in [-0.2, 0) is 4.74 Å². The molecular formula is C17H33NOS. The lowest BCUT2D eigenvalue weighted by Crippen LogP contribution is -2.48. The molecule has 0 amide bonds. The lowest BCUT2D eigenvalue weighted by Gasteiger charge is -2.45. The maximum atomic E-state index is 6.24. The highest BCUT2D eigenvalue weighted by Crippen LogP contribution is 2.42. The van der Waals surface area contributed by atoms with Crippen LogP contribution >= 0.6 is 11.8 Å². The van der Waals surface area contributed by atoms with Crippen molar-refractivity contribution in [2.45, 2.75) is 82.1 Å². The first-order valence-corrected chi connectivity index (χ1v) is 9.67. The lowest BCUT2D eigenvalue weighted by atomic mass is 9.74. The van der Waals surface area contributed by atoms with Gasteiger partial charge in [0.2, 0.25) is 0 Å². The van der Waals surface area contributed by atoms with Gasteiger partial charge in [-0.3, -0.25) is 0 Å². The van der Waals surface area contributed by atoms with Gasteiger partial charge in [0.25, 0.3) is 0 Å². The number of rotatable bonds is 6. The van der Waals surface area contributed by atoms with Crippen molar-refractivity contribution >= 4 is 11.8 Å². The van der Waals surface area contributed by atoms with E-state index in [9.17, 15) is 0 Å². The van der Waals surface area contributed by atoms with Crippen LogP contribution in [0.2, 0.25) is 0 Å². The third-order valence-electron chi connectivity index (χ3n) is 5.37. The smallest absolute Gasteiger partial charge is 0.0685 e. The molecule has 0 aromatic rings. The summed E-state index contributed by atoms with van der Waals surface area (Å²) in [4.78, 5) is 0. The third-order valence-corrected chi connectivity index (χ3v) is 6.82. The highest BCUT2D eigenvalue weighted by molar-refractivity contribution is 7.99. The summed E-state index contributed by atoms with van der Waals surface area (Å²) in [6.45, 7) is 5.62. The number of hydrogen-bond acceptors (Lipinski definition) is 3. The summed E-state index contributed by atoms with van der Waals surface area (Å²) in [6.07, 6.45) is 10.6. The molecule has 3 atom stereocenters. The number of thioether (sulfide) groups is 1. The van der Waals surface area contributed by atoms with Crippen molar-refractivity contribution in [2.75, 3.05) is 19.4 Å². The third kappa shape index (κ3) is 4.38. The number of nitrogens with one attached hydrogen (secondary N) is 1. The van der Waals surface area contributed by atoms with Gasteiger partial charge in [-0.25, -0.2) is 0 Å². The van der Waals surface area contributed by atoms with Gasteiger partial charge in [0.1, 0.15) is 0 Å². The molecule has 1 aliphatic heterocycles. The van der Waals surface area contributed by atoms with Crippen LogP contribution in [0.3, 0.4) is 0 Å². The first-order chi connectivity index (χ1) is 9.69. The van der Waals surface area contributed by atoms with Crippen molar-refractivity contribution in [2.24, 2.45) is 5.92 Å². The van der Waals surface area contributed by atoms with E-state index in [1.807, 2.05) is 0 Å². The van der Waals surface area contributed by atoms with E-state index in [2.05, 4.69) is 38.0 Å². The van der Waals surface area contributed by atoms with Crippen LogP contribution in [0.15, 0.2) is 0 Å². The lowest BCUT2D eigenvalue weighted by molar-refractivity contribution is -0.120. The Hall–Kier alpha value is 0.270. The Morgan fingerprint density at radius 3 is 2.70 bits per heavy atom. The Kier molecular flexibility index (Phi) is 6.70. The minimum atomic E-state index is 0.247. The minimum Gasteiger partial charge on any atom is -0.375 e. The van der Waals surface area contributed by atoms with Gasteiger partial charge in [-0.1, -0.05) is 33.1 Å². The van der Waals surface area contributed by atoms with E-state index >= 15 is 0 Å². The Morgan fingerprint density at radius 2 is 2.05 bits per heavy atom. The summed E-state index contributed by atoms with van der Waals surface area (Å²) >= 11 is 2.13. The van der Waals surface area contributed by atoms with E-state index in [0.717, 1.165) is 17.8 Å². The Bertz CT molecular complexity index is 273. The van der Waals surface area contributed by atoms with Crippen molar-refractivity contribution < 1.29 is 4.74 Å². The SMILES string of the molecule is CCC(C)SCC(NC)C1CCOC2(CCCCC2)C1. The molecule has 1 heterocycles. The molecule has 0 aromatic heterocycles. The Balaban J connectivity index is 1.88. The second-order valence-corrected chi connectivity index (χ2v) is 8.26. The highest BCUT2D eigenvalue weighted by Gasteiger charge is 2.40. The quantitative estimate of drug-likeness (QED) is 0.793. The van der Waals surface area contributed by atoms with Crippen LogP contribution < -0.4 is 5.32 Å².